The van der Waals surface area contributed by atoms with Crippen molar-refractivity contribution in [2.45, 2.75) is 12.3 Å². The van der Waals surface area contributed by atoms with E-state index in [1.54, 1.807) is 17.8 Å². The maximum Gasteiger partial charge on any atom is 0.251 e. The van der Waals surface area contributed by atoms with E-state index in [1.165, 1.54) is 10.6 Å². The van der Waals surface area contributed by atoms with Gasteiger partial charge < -0.3 is 5.32 Å². The number of sulfonamides is 1. The highest BCUT2D eigenvalue weighted by molar-refractivity contribution is 7.98. The fraction of sp³-hybridized carbons (Fsp3) is 0.409. The number of rotatable bonds is 9. The molecular formula is C22H27Cl2N3O3S2. The van der Waals surface area contributed by atoms with Gasteiger partial charge in [0.1, 0.15) is 0 Å². The standard InChI is InChI=1S/C22H27Cl2N3O3S2/c1-32(29,30)27-11-9-26(10-12-27)15-17-2-4-18(5-3-17)22(28)25-8-13-31-16-19-6-7-20(23)14-21(19)24/h2-7,14H,8-13,15-16H2,1H3,(H,25,28). The highest BCUT2D eigenvalue weighted by Crippen LogP contribution is 2.24. The van der Waals surface area contributed by atoms with Crippen LogP contribution in [0, 0.1) is 0 Å². The van der Waals surface area contributed by atoms with Crippen LogP contribution < -0.4 is 5.32 Å². The number of halogens is 2. The molecule has 2 aromatic rings. The Labute approximate surface area is 204 Å². The minimum Gasteiger partial charge on any atom is -0.351 e. The summed E-state index contributed by atoms with van der Waals surface area (Å²) in [5.41, 5.74) is 2.76. The van der Waals surface area contributed by atoms with Crippen molar-refractivity contribution < 1.29 is 13.2 Å². The number of carbonyl (C=O) groups excluding carboxylic acids is 1. The second kappa shape index (κ2) is 11.7. The third-order valence-electron chi connectivity index (χ3n) is 5.23. The molecule has 2 aromatic carbocycles. The molecular weight excluding hydrogens is 489 g/mol. The third kappa shape index (κ3) is 7.64. The first-order valence-electron chi connectivity index (χ1n) is 10.3. The average molecular weight is 517 g/mol. The monoisotopic (exact) mass is 515 g/mol. The minimum atomic E-state index is -3.12. The van der Waals surface area contributed by atoms with E-state index < -0.39 is 10.0 Å². The number of benzene rings is 2. The lowest BCUT2D eigenvalue weighted by molar-refractivity contribution is 0.0956. The molecule has 0 saturated carbocycles. The average Bonchev–Trinajstić information content (AvgIpc) is 2.75. The van der Waals surface area contributed by atoms with Gasteiger partial charge in [-0.05, 0) is 35.4 Å². The molecule has 1 saturated heterocycles. The van der Waals surface area contributed by atoms with E-state index >= 15 is 0 Å². The first-order chi connectivity index (χ1) is 15.2. The van der Waals surface area contributed by atoms with Crippen molar-refractivity contribution in [3.05, 3.63) is 69.2 Å². The normalized spacial score (nSPS) is 15.6. The van der Waals surface area contributed by atoms with Gasteiger partial charge >= 0.3 is 0 Å². The van der Waals surface area contributed by atoms with Gasteiger partial charge in [-0.25, -0.2) is 8.42 Å². The quantitative estimate of drug-likeness (QED) is 0.515. The molecule has 0 radical (unpaired) electrons. The molecule has 174 valence electrons. The van der Waals surface area contributed by atoms with Gasteiger partial charge in [-0.15, -0.1) is 0 Å². The molecule has 0 bridgehead atoms. The molecule has 1 fully saturated rings. The smallest absolute Gasteiger partial charge is 0.251 e. The molecule has 32 heavy (non-hydrogen) atoms. The molecule has 10 heteroatoms. The minimum absolute atomic E-state index is 0.0940. The predicted molar refractivity (Wildman–Crippen MR) is 133 cm³/mol. The second-order valence-corrected chi connectivity index (χ2v) is 11.6. The van der Waals surface area contributed by atoms with Gasteiger partial charge in [0.05, 0.1) is 6.26 Å². The lowest BCUT2D eigenvalue weighted by Crippen LogP contribution is -2.47. The number of hydrogen-bond acceptors (Lipinski definition) is 5. The maximum absolute atomic E-state index is 12.4. The van der Waals surface area contributed by atoms with Crippen LogP contribution in [-0.2, 0) is 22.3 Å². The van der Waals surface area contributed by atoms with Crippen LogP contribution >= 0.6 is 35.0 Å². The fourth-order valence-corrected chi connectivity index (χ4v) is 5.64. The van der Waals surface area contributed by atoms with Crippen molar-refractivity contribution in [1.29, 1.82) is 0 Å². The van der Waals surface area contributed by atoms with Crippen molar-refractivity contribution in [2.24, 2.45) is 0 Å². The lowest BCUT2D eigenvalue weighted by Gasteiger charge is -2.33. The Morgan fingerprint density at radius 2 is 1.75 bits per heavy atom. The summed E-state index contributed by atoms with van der Waals surface area (Å²) < 4.78 is 24.7. The third-order valence-corrected chi connectivity index (χ3v) is 8.13. The number of thioether (sulfide) groups is 1. The zero-order valence-corrected chi connectivity index (χ0v) is 21.0. The molecule has 1 aliphatic rings. The summed E-state index contributed by atoms with van der Waals surface area (Å²) in [5.74, 6) is 1.45. The highest BCUT2D eigenvalue weighted by Gasteiger charge is 2.23. The first-order valence-corrected chi connectivity index (χ1v) is 14.0. The van der Waals surface area contributed by atoms with E-state index in [4.69, 9.17) is 23.2 Å². The zero-order chi connectivity index (χ0) is 23.1. The van der Waals surface area contributed by atoms with E-state index in [9.17, 15) is 13.2 Å². The van der Waals surface area contributed by atoms with E-state index in [0.29, 0.717) is 48.3 Å². The molecule has 0 aliphatic carbocycles. The van der Waals surface area contributed by atoms with Crippen LogP contribution in [0.4, 0.5) is 0 Å². The van der Waals surface area contributed by atoms with Crippen LogP contribution in [0.25, 0.3) is 0 Å². The Kier molecular flexibility index (Phi) is 9.28. The van der Waals surface area contributed by atoms with Crippen molar-refractivity contribution >= 4 is 50.9 Å². The molecule has 1 amide bonds. The van der Waals surface area contributed by atoms with Gasteiger partial charge in [0.2, 0.25) is 10.0 Å². The first kappa shape index (κ1) is 25.3. The highest BCUT2D eigenvalue weighted by atomic mass is 35.5. The van der Waals surface area contributed by atoms with E-state index in [-0.39, 0.29) is 5.91 Å². The van der Waals surface area contributed by atoms with Crippen LogP contribution in [0.5, 0.6) is 0 Å². The van der Waals surface area contributed by atoms with Crippen LogP contribution in [0.2, 0.25) is 10.0 Å². The number of hydrogen-bond donors (Lipinski definition) is 1. The molecule has 1 heterocycles. The van der Waals surface area contributed by atoms with Crippen molar-refractivity contribution in [3.8, 4) is 0 Å². The number of nitrogens with one attached hydrogen (secondary N) is 1. The number of carbonyl (C=O) groups is 1. The Morgan fingerprint density at radius 3 is 2.38 bits per heavy atom. The van der Waals surface area contributed by atoms with Gasteiger partial charge in [-0.1, -0.05) is 41.4 Å². The maximum atomic E-state index is 12.4. The van der Waals surface area contributed by atoms with Gasteiger partial charge in [-0.3, -0.25) is 9.69 Å². The summed E-state index contributed by atoms with van der Waals surface area (Å²) in [6.07, 6.45) is 1.25. The topological polar surface area (TPSA) is 69.7 Å². The SMILES string of the molecule is CS(=O)(=O)N1CCN(Cc2ccc(C(=O)NCCSCc3ccc(Cl)cc3Cl)cc2)CC1. The molecule has 0 unspecified atom stereocenters. The number of nitrogens with zero attached hydrogens (tertiary/aromatic N) is 2. The lowest BCUT2D eigenvalue weighted by atomic mass is 10.1. The zero-order valence-electron chi connectivity index (χ0n) is 17.9. The molecule has 3 rings (SSSR count). The Bertz CT molecular complexity index is 1030. The Morgan fingerprint density at radius 1 is 1.06 bits per heavy atom. The summed E-state index contributed by atoms with van der Waals surface area (Å²) in [5, 5.41) is 4.22. The second-order valence-electron chi connectivity index (χ2n) is 7.68. The van der Waals surface area contributed by atoms with Crippen molar-refractivity contribution in [1.82, 2.24) is 14.5 Å². The molecule has 0 aromatic heterocycles. The van der Waals surface area contributed by atoms with Gasteiger partial charge in [0.15, 0.2) is 0 Å². The van der Waals surface area contributed by atoms with E-state index in [1.807, 2.05) is 36.4 Å². The van der Waals surface area contributed by atoms with Crippen LogP contribution in [-0.4, -0.2) is 68.3 Å². The van der Waals surface area contributed by atoms with Crippen LogP contribution in [0.1, 0.15) is 21.5 Å². The van der Waals surface area contributed by atoms with Crippen LogP contribution in [0.15, 0.2) is 42.5 Å². The van der Waals surface area contributed by atoms with Gasteiger partial charge in [0.25, 0.3) is 5.91 Å². The van der Waals surface area contributed by atoms with Gasteiger partial charge in [0, 0.05) is 66.4 Å². The van der Waals surface area contributed by atoms with Crippen molar-refractivity contribution in [2.75, 3.05) is 44.7 Å². The summed E-state index contributed by atoms with van der Waals surface area (Å²) in [7, 11) is -3.12. The van der Waals surface area contributed by atoms with E-state index in [2.05, 4.69) is 10.2 Å². The molecule has 6 nitrogen and oxygen atoms in total. The molecule has 0 spiro atoms. The summed E-state index contributed by atoms with van der Waals surface area (Å²) in [4.78, 5) is 14.6. The van der Waals surface area contributed by atoms with Gasteiger partial charge in [-0.2, -0.15) is 16.1 Å². The Hall–Kier alpha value is -1.29. The largest absolute Gasteiger partial charge is 0.351 e. The number of piperazine rings is 1. The molecule has 1 aliphatic heterocycles. The van der Waals surface area contributed by atoms with Crippen LogP contribution in [0.3, 0.4) is 0 Å². The molecule has 1 N–H and O–H groups in total. The van der Waals surface area contributed by atoms with Crippen molar-refractivity contribution in [3.63, 3.8) is 0 Å². The summed E-state index contributed by atoms with van der Waals surface area (Å²) in [6, 6.07) is 13.0. The van der Waals surface area contributed by atoms with E-state index in [0.717, 1.165) is 29.2 Å². The molecule has 0 atom stereocenters. The summed E-state index contributed by atoms with van der Waals surface area (Å²) in [6.45, 7) is 3.75. The number of amides is 1. The Balaban J connectivity index is 1.37. The fourth-order valence-electron chi connectivity index (χ4n) is 3.40. The summed E-state index contributed by atoms with van der Waals surface area (Å²) >= 11 is 13.8. The predicted octanol–water partition coefficient (Wildman–Crippen LogP) is 3.73.